The second-order valence-corrected chi connectivity index (χ2v) is 10.4. The van der Waals surface area contributed by atoms with Crippen LogP contribution in [0.5, 0.6) is 0 Å². The van der Waals surface area contributed by atoms with Gasteiger partial charge in [-0.15, -0.1) is 0 Å². The van der Waals surface area contributed by atoms with Crippen LogP contribution in [-0.2, 0) is 24.7 Å². The third-order valence-corrected chi connectivity index (χ3v) is 5.43. The van der Waals surface area contributed by atoms with Crippen molar-refractivity contribution < 1.29 is 17.9 Å². The third kappa shape index (κ3) is 11.0. The molecule has 0 radical (unpaired) electrons. The Balaban J connectivity index is 2.37. The lowest BCUT2D eigenvalue weighted by Gasteiger charge is -2.29. The van der Waals surface area contributed by atoms with Gasteiger partial charge in [0.2, 0.25) is 0 Å². The molecule has 0 saturated heterocycles. The number of hydrogen-bond acceptors (Lipinski definition) is 4. The topological polar surface area (TPSA) is 44.8 Å². The number of benzene rings is 1. The molecule has 1 aromatic rings. The van der Waals surface area contributed by atoms with E-state index in [2.05, 4.69) is 34.6 Å². The standard InChI is InChI=1S/C22H38O4S/c1-18-10-12-19(13-11-18)27(23)26-22(7,8)15-17-25-21(5,6)14-9-16-24-20(2,3)4/h10-13H,9,14-17H2,1-8H3. The van der Waals surface area contributed by atoms with E-state index in [4.69, 9.17) is 13.7 Å². The van der Waals surface area contributed by atoms with Gasteiger partial charge >= 0.3 is 0 Å². The Hall–Kier alpha value is -0.750. The van der Waals surface area contributed by atoms with Crippen LogP contribution in [0.25, 0.3) is 0 Å². The summed E-state index contributed by atoms with van der Waals surface area (Å²) in [4.78, 5) is 0.689. The maximum atomic E-state index is 12.4. The maximum absolute atomic E-state index is 12.4. The first kappa shape index (κ1) is 24.3. The van der Waals surface area contributed by atoms with Gasteiger partial charge in [-0.2, -0.15) is 0 Å². The first-order valence-corrected chi connectivity index (χ1v) is 10.8. The van der Waals surface area contributed by atoms with Crippen molar-refractivity contribution >= 4 is 11.1 Å². The molecule has 0 heterocycles. The van der Waals surface area contributed by atoms with Gasteiger partial charge in [0.05, 0.1) is 28.3 Å². The molecular formula is C22H38O4S. The van der Waals surface area contributed by atoms with Gasteiger partial charge in [0, 0.05) is 13.0 Å². The highest BCUT2D eigenvalue weighted by Gasteiger charge is 2.25. The van der Waals surface area contributed by atoms with Crippen LogP contribution in [0.4, 0.5) is 0 Å². The number of aryl methyl sites for hydroxylation is 1. The molecule has 0 fully saturated rings. The molecule has 0 saturated carbocycles. The Morgan fingerprint density at radius 1 is 0.815 bits per heavy atom. The Bertz CT molecular complexity index is 585. The molecule has 1 aromatic carbocycles. The number of rotatable bonds is 11. The summed E-state index contributed by atoms with van der Waals surface area (Å²) in [5, 5.41) is 0. The lowest BCUT2D eigenvalue weighted by molar-refractivity contribution is -0.0556. The zero-order valence-corrected chi connectivity index (χ0v) is 19.2. The molecule has 4 nitrogen and oxygen atoms in total. The average Bonchev–Trinajstić information content (AvgIpc) is 2.50. The second-order valence-electron chi connectivity index (χ2n) is 9.31. The van der Waals surface area contributed by atoms with Crippen LogP contribution in [0.3, 0.4) is 0 Å². The molecule has 0 amide bonds. The van der Waals surface area contributed by atoms with Gasteiger partial charge in [0.25, 0.3) is 0 Å². The summed E-state index contributed by atoms with van der Waals surface area (Å²) in [6.07, 6.45) is 2.56. The molecule has 27 heavy (non-hydrogen) atoms. The monoisotopic (exact) mass is 398 g/mol. The van der Waals surface area contributed by atoms with E-state index in [1.54, 1.807) is 0 Å². The minimum atomic E-state index is -1.47. The molecule has 0 aromatic heterocycles. The average molecular weight is 399 g/mol. The summed E-state index contributed by atoms with van der Waals surface area (Å²) in [5.41, 5.74) is 0.298. The van der Waals surface area contributed by atoms with Crippen molar-refractivity contribution in [2.75, 3.05) is 13.2 Å². The summed E-state index contributed by atoms with van der Waals surface area (Å²) < 4.78 is 30.0. The largest absolute Gasteiger partial charge is 0.376 e. The first-order chi connectivity index (χ1) is 12.3. The van der Waals surface area contributed by atoms with E-state index < -0.39 is 16.7 Å². The van der Waals surface area contributed by atoms with Crippen molar-refractivity contribution in [1.29, 1.82) is 0 Å². The second kappa shape index (κ2) is 10.1. The predicted molar refractivity (Wildman–Crippen MR) is 112 cm³/mol. The molecule has 0 aliphatic carbocycles. The summed E-state index contributed by atoms with van der Waals surface area (Å²) >= 11 is -1.47. The van der Waals surface area contributed by atoms with Crippen LogP contribution in [0.15, 0.2) is 29.2 Å². The molecule has 1 rings (SSSR count). The zero-order chi connectivity index (χ0) is 20.7. The van der Waals surface area contributed by atoms with Gasteiger partial charge in [0.1, 0.15) is 0 Å². The zero-order valence-electron chi connectivity index (χ0n) is 18.4. The van der Waals surface area contributed by atoms with Gasteiger partial charge in [-0.05, 0) is 80.4 Å². The van der Waals surface area contributed by atoms with Crippen LogP contribution in [0.1, 0.15) is 73.3 Å². The van der Waals surface area contributed by atoms with E-state index in [9.17, 15) is 4.21 Å². The van der Waals surface area contributed by atoms with E-state index in [1.165, 1.54) is 0 Å². The van der Waals surface area contributed by atoms with Gasteiger partial charge in [0.15, 0.2) is 11.1 Å². The van der Waals surface area contributed by atoms with Crippen molar-refractivity contribution in [3.63, 3.8) is 0 Å². The fourth-order valence-electron chi connectivity index (χ4n) is 2.47. The van der Waals surface area contributed by atoms with Gasteiger partial charge in [-0.3, -0.25) is 4.18 Å². The molecule has 1 atom stereocenters. The molecule has 0 N–H and O–H groups in total. The maximum Gasteiger partial charge on any atom is 0.189 e. The smallest absolute Gasteiger partial charge is 0.189 e. The Labute approximate surface area is 168 Å². The van der Waals surface area contributed by atoms with E-state index >= 15 is 0 Å². The van der Waals surface area contributed by atoms with Crippen molar-refractivity contribution in [2.24, 2.45) is 0 Å². The van der Waals surface area contributed by atoms with E-state index in [1.807, 2.05) is 45.0 Å². The summed E-state index contributed by atoms with van der Waals surface area (Å²) in [5.74, 6) is 0. The normalized spacial score (nSPS) is 14.4. The fraction of sp³-hybridized carbons (Fsp3) is 0.727. The van der Waals surface area contributed by atoms with E-state index in [0.29, 0.717) is 17.9 Å². The fourth-order valence-corrected chi connectivity index (χ4v) is 3.41. The van der Waals surface area contributed by atoms with Gasteiger partial charge in [-0.25, -0.2) is 4.21 Å². The van der Waals surface area contributed by atoms with Crippen LogP contribution in [0.2, 0.25) is 0 Å². The summed E-state index contributed by atoms with van der Waals surface area (Å²) in [6.45, 7) is 17.6. The van der Waals surface area contributed by atoms with Crippen molar-refractivity contribution in [2.45, 2.75) is 96.4 Å². The van der Waals surface area contributed by atoms with Crippen molar-refractivity contribution in [1.82, 2.24) is 0 Å². The van der Waals surface area contributed by atoms with E-state index in [0.717, 1.165) is 25.0 Å². The third-order valence-electron chi connectivity index (χ3n) is 4.17. The number of hydrogen-bond donors (Lipinski definition) is 0. The highest BCUT2D eigenvalue weighted by molar-refractivity contribution is 7.80. The quantitative estimate of drug-likeness (QED) is 0.456. The molecule has 5 heteroatoms. The SMILES string of the molecule is Cc1ccc(S(=O)OC(C)(C)CCOC(C)(C)CCCOC(C)(C)C)cc1. The molecule has 1 unspecified atom stereocenters. The molecule has 156 valence electrons. The minimum Gasteiger partial charge on any atom is -0.376 e. The molecular weight excluding hydrogens is 360 g/mol. The van der Waals surface area contributed by atoms with Crippen LogP contribution >= 0.6 is 0 Å². The number of ether oxygens (including phenoxy) is 2. The van der Waals surface area contributed by atoms with Gasteiger partial charge < -0.3 is 9.47 Å². The lowest BCUT2D eigenvalue weighted by Crippen LogP contribution is -2.31. The minimum absolute atomic E-state index is 0.0978. The highest BCUT2D eigenvalue weighted by atomic mass is 32.2. The Morgan fingerprint density at radius 3 is 1.96 bits per heavy atom. The van der Waals surface area contributed by atoms with E-state index in [-0.39, 0.29) is 11.2 Å². The Kier molecular flexibility index (Phi) is 9.13. The van der Waals surface area contributed by atoms with Crippen LogP contribution in [0, 0.1) is 6.92 Å². The predicted octanol–water partition coefficient (Wildman–Crippen LogP) is 5.59. The first-order valence-electron chi connectivity index (χ1n) is 9.76. The Morgan fingerprint density at radius 2 is 1.41 bits per heavy atom. The molecule has 0 bridgehead atoms. The van der Waals surface area contributed by atoms with Gasteiger partial charge in [-0.1, -0.05) is 17.7 Å². The van der Waals surface area contributed by atoms with Crippen molar-refractivity contribution in [3.05, 3.63) is 29.8 Å². The lowest BCUT2D eigenvalue weighted by atomic mass is 10.0. The molecule has 0 aliphatic heterocycles. The van der Waals surface area contributed by atoms with Crippen LogP contribution in [-0.4, -0.2) is 34.2 Å². The summed E-state index contributed by atoms with van der Waals surface area (Å²) in [7, 11) is 0. The molecule has 0 spiro atoms. The highest BCUT2D eigenvalue weighted by Crippen LogP contribution is 2.23. The summed E-state index contributed by atoms with van der Waals surface area (Å²) in [6, 6.07) is 7.58. The molecule has 0 aliphatic rings. The van der Waals surface area contributed by atoms with Crippen LogP contribution < -0.4 is 0 Å². The van der Waals surface area contributed by atoms with Crippen molar-refractivity contribution in [3.8, 4) is 0 Å².